The summed E-state index contributed by atoms with van der Waals surface area (Å²) < 4.78 is 19.2. The van der Waals surface area contributed by atoms with Crippen LogP contribution in [0, 0.1) is 0 Å². The van der Waals surface area contributed by atoms with E-state index < -0.39 is 7.12 Å². The zero-order chi connectivity index (χ0) is 16.0. The standard InChI is InChI=1S/C16H21BN2O3/c1-15(2)16(3,4)22-17(21-15)14-10-19(11-18-14)12-6-8-13(20-5)9-7-12/h6-11H,1-5H3. The maximum Gasteiger partial charge on any atom is 0.516 e. The van der Waals surface area contributed by atoms with Gasteiger partial charge in [0, 0.05) is 11.9 Å². The zero-order valence-corrected chi connectivity index (χ0v) is 13.7. The van der Waals surface area contributed by atoms with Crippen LogP contribution in [0.25, 0.3) is 5.69 Å². The molecule has 6 heteroatoms. The van der Waals surface area contributed by atoms with E-state index in [9.17, 15) is 0 Å². The summed E-state index contributed by atoms with van der Waals surface area (Å²) >= 11 is 0. The Kier molecular flexibility index (Phi) is 3.53. The van der Waals surface area contributed by atoms with E-state index in [0.717, 1.165) is 17.0 Å². The molecule has 116 valence electrons. The summed E-state index contributed by atoms with van der Waals surface area (Å²) in [5.74, 6) is 0.829. The fourth-order valence-electron chi connectivity index (χ4n) is 2.32. The maximum absolute atomic E-state index is 6.02. The van der Waals surface area contributed by atoms with Gasteiger partial charge in [-0.25, -0.2) is 4.98 Å². The van der Waals surface area contributed by atoms with Crippen molar-refractivity contribution in [2.24, 2.45) is 0 Å². The second kappa shape index (κ2) is 5.14. The van der Waals surface area contributed by atoms with Crippen LogP contribution in [0.3, 0.4) is 0 Å². The number of hydrogen-bond donors (Lipinski definition) is 0. The van der Waals surface area contributed by atoms with Gasteiger partial charge < -0.3 is 18.6 Å². The first-order chi connectivity index (χ1) is 10.3. The molecule has 0 unspecified atom stereocenters. The van der Waals surface area contributed by atoms with Gasteiger partial charge in [0.05, 0.1) is 30.2 Å². The summed E-state index contributed by atoms with van der Waals surface area (Å²) in [7, 11) is 1.22. The lowest BCUT2D eigenvalue weighted by molar-refractivity contribution is 0.00578. The molecule has 2 heterocycles. The fourth-order valence-corrected chi connectivity index (χ4v) is 2.32. The molecule has 0 spiro atoms. The van der Waals surface area contributed by atoms with E-state index in [2.05, 4.69) is 4.98 Å². The van der Waals surface area contributed by atoms with E-state index in [1.807, 2.05) is 62.7 Å². The van der Waals surface area contributed by atoms with Gasteiger partial charge in [0.1, 0.15) is 5.75 Å². The Morgan fingerprint density at radius 1 is 1.05 bits per heavy atom. The minimum atomic E-state index is -0.440. The number of imidazole rings is 1. The largest absolute Gasteiger partial charge is 0.516 e. The van der Waals surface area contributed by atoms with E-state index >= 15 is 0 Å². The highest BCUT2D eigenvalue weighted by molar-refractivity contribution is 6.61. The molecule has 3 rings (SSSR count). The Morgan fingerprint density at radius 2 is 1.64 bits per heavy atom. The van der Waals surface area contributed by atoms with Crippen molar-refractivity contribution in [3.63, 3.8) is 0 Å². The van der Waals surface area contributed by atoms with E-state index in [1.54, 1.807) is 13.4 Å². The van der Waals surface area contributed by atoms with Gasteiger partial charge in [-0.1, -0.05) is 0 Å². The maximum atomic E-state index is 6.02. The van der Waals surface area contributed by atoms with Crippen molar-refractivity contribution in [3.05, 3.63) is 36.8 Å². The third-order valence-electron chi connectivity index (χ3n) is 4.47. The number of nitrogens with zero attached hydrogens (tertiary/aromatic N) is 2. The van der Waals surface area contributed by atoms with E-state index in [1.165, 1.54) is 0 Å². The molecule has 1 aliphatic heterocycles. The first-order valence-corrected chi connectivity index (χ1v) is 7.36. The normalized spacial score (nSPS) is 19.4. The second-order valence-electron chi connectivity index (χ2n) is 6.49. The van der Waals surface area contributed by atoms with Crippen LogP contribution in [0.15, 0.2) is 36.8 Å². The van der Waals surface area contributed by atoms with Gasteiger partial charge in [-0.15, -0.1) is 0 Å². The Bertz CT molecular complexity index is 648. The van der Waals surface area contributed by atoms with Crippen LogP contribution < -0.4 is 10.3 Å². The van der Waals surface area contributed by atoms with E-state index in [-0.39, 0.29) is 11.2 Å². The molecule has 0 aliphatic carbocycles. The lowest BCUT2D eigenvalue weighted by Gasteiger charge is -2.32. The summed E-state index contributed by atoms with van der Waals surface area (Å²) in [5, 5.41) is 0. The molecule has 0 atom stereocenters. The Balaban J connectivity index is 1.82. The number of hydrogen-bond acceptors (Lipinski definition) is 4. The number of benzene rings is 1. The predicted molar refractivity (Wildman–Crippen MR) is 85.8 cm³/mol. The van der Waals surface area contributed by atoms with Gasteiger partial charge in [0.25, 0.3) is 0 Å². The molecule has 1 fully saturated rings. The summed E-state index contributed by atoms with van der Waals surface area (Å²) in [5.41, 5.74) is 1.06. The molecule has 1 aliphatic rings. The van der Waals surface area contributed by atoms with Gasteiger partial charge in [0.2, 0.25) is 0 Å². The van der Waals surface area contributed by atoms with Crippen LogP contribution in [-0.4, -0.2) is 35.0 Å². The minimum absolute atomic E-state index is 0.360. The number of rotatable bonds is 3. The average Bonchev–Trinajstić information content (AvgIpc) is 3.03. The molecular weight excluding hydrogens is 279 g/mol. The van der Waals surface area contributed by atoms with Crippen molar-refractivity contribution < 1.29 is 14.0 Å². The molecule has 0 N–H and O–H groups in total. The molecule has 1 aromatic heterocycles. The molecule has 0 saturated carbocycles. The number of methoxy groups -OCH3 is 1. The molecule has 5 nitrogen and oxygen atoms in total. The SMILES string of the molecule is COc1ccc(-n2cnc(B3OC(C)(C)C(C)(C)O3)c2)cc1. The summed E-state index contributed by atoms with van der Waals surface area (Å²) in [4.78, 5) is 4.43. The van der Waals surface area contributed by atoms with Crippen molar-refractivity contribution in [1.82, 2.24) is 9.55 Å². The molecule has 22 heavy (non-hydrogen) atoms. The second-order valence-corrected chi connectivity index (χ2v) is 6.49. The van der Waals surface area contributed by atoms with Gasteiger partial charge in [-0.05, 0) is 52.0 Å². The number of aromatic nitrogens is 2. The van der Waals surface area contributed by atoms with Crippen LogP contribution in [0.2, 0.25) is 0 Å². The van der Waals surface area contributed by atoms with E-state index in [0.29, 0.717) is 0 Å². The Morgan fingerprint density at radius 3 is 2.18 bits per heavy atom. The van der Waals surface area contributed by atoms with Gasteiger partial charge in [-0.3, -0.25) is 0 Å². The summed E-state index contributed by atoms with van der Waals surface area (Å²) in [6.45, 7) is 8.14. The van der Waals surface area contributed by atoms with Crippen molar-refractivity contribution in [2.45, 2.75) is 38.9 Å². The molecule has 2 aromatic rings. The quantitative estimate of drug-likeness (QED) is 0.815. The van der Waals surface area contributed by atoms with Gasteiger partial charge in [0.15, 0.2) is 0 Å². The highest BCUT2D eigenvalue weighted by Gasteiger charge is 2.52. The average molecular weight is 300 g/mol. The highest BCUT2D eigenvalue weighted by atomic mass is 16.7. The molecule has 1 aromatic carbocycles. The summed E-state index contributed by atoms with van der Waals surface area (Å²) in [6.07, 6.45) is 3.70. The van der Waals surface area contributed by atoms with Gasteiger partial charge >= 0.3 is 7.12 Å². The first kappa shape index (κ1) is 15.1. The molecule has 0 amide bonds. The smallest absolute Gasteiger partial charge is 0.497 e. The Labute approximate surface area is 131 Å². The predicted octanol–water partition coefficient (Wildman–Crippen LogP) is 2.18. The van der Waals surface area contributed by atoms with Gasteiger partial charge in [-0.2, -0.15) is 0 Å². The first-order valence-electron chi connectivity index (χ1n) is 7.36. The number of ether oxygens (including phenoxy) is 1. The monoisotopic (exact) mass is 300 g/mol. The molecule has 1 saturated heterocycles. The van der Waals surface area contributed by atoms with Crippen molar-refractivity contribution in [3.8, 4) is 11.4 Å². The Hall–Kier alpha value is -1.79. The van der Waals surface area contributed by atoms with Crippen LogP contribution in [0.5, 0.6) is 5.75 Å². The van der Waals surface area contributed by atoms with Crippen LogP contribution in [0.1, 0.15) is 27.7 Å². The third-order valence-corrected chi connectivity index (χ3v) is 4.47. The minimum Gasteiger partial charge on any atom is -0.497 e. The molecule has 0 radical (unpaired) electrons. The highest BCUT2D eigenvalue weighted by Crippen LogP contribution is 2.36. The van der Waals surface area contributed by atoms with E-state index in [4.69, 9.17) is 14.0 Å². The van der Waals surface area contributed by atoms with Crippen LogP contribution in [-0.2, 0) is 9.31 Å². The van der Waals surface area contributed by atoms with Crippen LogP contribution in [0.4, 0.5) is 0 Å². The van der Waals surface area contributed by atoms with Crippen LogP contribution >= 0.6 is 0 Å². The molecular formula is C16H21BN2O3. The lowest BCUT2D eigenvalue weighted by atomic mass is 9.86. The van der Waals surface area contributed by atoms with Crippen molar-refractivity contribution in [1.29, 1.82) is 0 Å². The summed E-state index contributed by atoms with van der Waals surface area (Å²) in [6, 6.07) is 7.80. The van der Waals surface area contributed by atoms with Crippen molar-refractivity contribution >= 4 is 12.7 Å². The zero-order valence-electron chi connectivity index (χ0n) is 13.7. The lowest BCUT2D eigenvalue weighted by Crippen LogP contribution is -2.41. The topological polar surface area (TPSA) is 45.5 Å². The molecule has 0 bridgehead atoms. The third kappa shape index (κ3) is 2.53. The van der Waals surface area contributed by atoms with Crippen molar-refractivity contribution in [2.75, 3.05) is 7.11 Å². The fraction of sp³-hybridized carbons (Fsp3) is 0.438.